The molecule has 0 fully saturated rings. The van der Waals surface area contributed by atoms with E-state index in [0.717, 1.165) is 10.9 Å². The van der Waals surface area contributed by atoms with Gasteiger partial charge in [0, 0.05) is 17.1 Å². The van der Waals surface area contributed by atoms with Crippen molar-refractivity contribution in [1.29, 1.82) is 0 Å². The van der Waals surface area contributed by atoms with Gasteiger partial charge in [0.15, 0.2) is 11.5 Å². The van der Waals surface area contributed by atoms with Crippen LogP contribution < -0.4 is 20.3 Å². The van der Waals surface area contributed by atoms with Crippen LogP contribution in [0.3, 0.4) is 0 Å². The van der Waals surface area contributed by atoms with Crippen LogP contribution in [0.5, 0.6) is 11.5 Å². The average Bonchev–Trinajstić information content (AvgIpc) is 2.66. The first-order valence-electron chi connectivity index (χ1n) is 9.32. The lowest BCUT2D eigenvalue weighted by molar-refractivity contribution is -0.128. The molecule has 0 saturated heterocycles. The molecule has 1 aromatic heterocycles. The first kappa shape index (κ1) is 18.1. The Morgan fingerprint density at radius 2 is 1.79 bits per heavy atom. The summed E-state index contributed by atoms with van der Waals surface area (Å²) >= 11 is 0. The number of benzene rings is 2. The third-order valence-corrected chi connectivity index (χ3v) is 4.87. The van der Waals surface area contributed by atoms with Gasteiger partial charge in [-0.1, -0.05) is 32.0 Å². The van der Waals surface area contributed by atoms with Crippen LogP contribution in [0.25, 0.3) is 10.9 Å². The zero-order chi connectivity index (χ0) is 19.8. The summed E-state index contributed by atoms with van der Waals surface area (Å²) in [5.41, 5.74) is 2.09. The maximum absolute atomic E-state index is 12.8. The molecule has 6 nitrogen and oxygen atoms in total. The summed E-state index contributed by atoms with van der Waals surface area (Å²) in [5.74, 6) is 1.09. The van der Waals surface area contributed by atoms with E-state index in [2.05, 4.69) is 10.3 Å². The zero-order valence-corrected chi connectivity index (χ0v) is 16.0. The van der Waals surface area contributed by atoms with Crippen LogP contribution in [-0.2, 0) is 4.79 Å². The Morgan fingerprint density at radius 3 is 2.50 bits per heavy atom. The van der Waals surface area contributed by atoms with Crippen molar-refractivity contribution in [2.75, 3.05) is 5.32 Å². The highest BCUT2D eigenvalue weighted by molar-refractivity contribution is 5.97. The Labute approximate surface area is 162 Å². The number of hydrogen-bond donors (Lipinski definition) is 2. The highest BCUT2D eigenvalue weighted by atomic mass is 16.6. The first-order chi connectivity index (χ1) is 13.4. The third kappa shape index (κ3) is 3.33. The monoisotopic (exact) mass is 378 g/mol. The molecule has 0 spiro atoms. The molecule has 3 aromatic rings. The number of carbonyl (C=O) groups is 1. The average molecular weight is 378 g/mol. The number of fused-ring (bicyclic) bond motifs is 2. The molecule has 2 unspecified atom stereocenters. The molecule has 0 radical (unpaired) electrons. The second-order valence-electron chi connectivity index (χ2n) is 7.30. The second kappa shape index (κ2) is 7.03. The molecular weight excluding hydrogens is 356 g/mol. The van der Waals surface area contributed by atoms with Crippen molar-refractivity contribution in [1.82, 2.24) is 4.98 Å². The van der Waals surface area contributed by atoms with Crippen LogP contribution in [0.15, 0.2) is 53.3 Å². The molecular formula is C22H22N2O4. The molecule has 6 heteroatoms. The molecule has 2 heterocycles. The maximum Gasteiger partial charge on any atom is 0.269 e. The lowest BCUT2D eigenvalue weighted by atomic mass is 9.99. The molecule has 1 amide bonds. The van der Waals surface area contributed by atoms with Gasteiger partial charge in [-0.2, -0.15) is 0 Å². The van der Waals surface area contributed by atoms with Crippen LogP contribution >= 0.6 is 0 Å². The highest BCUT2D eigenvalue weighted by Crippen LogP contribution is 2.34. The summed E-state index contributed by atoms with van der Waals surface area (Å²) in [7, 11) is 0. The van der Waals surface area contributed by atoms with Crippen molar-refractivity contribution in [3.05, 3.63) is 64.4 Å². The fourth-order valence-electron chi connectivity index (χ4n) is 3.46. The molecule has 2 N–H and O–H groups in total. The number of hydrogen-bond acceptors (Lipinski definition) is 4. The van der Waals surface area contributed by atoms with Gasteiger partial charge in [-0.3, -0.25) is 9.59 Å². The normalized spacial score (nSPS) is 18.3. The van der Waals surface area contributed by atoms with E-state index < -0.39 is 12.2 Å². The van der Waals surface area contributed by atoms with Crippen molar-refractivity contribution >= 4 is 22.5 Å². The summed E-state index contributed by atoms with van der Waals surface area (Å²) in [6.45, 7) is 5.89. The topological polar surface area (TPSA) is 80.4 Å². The van der Waals surface area contributed by atoms with E-state index in [-0.39, 0.29) is 17.4 Å². The van der Waals surface area contributed by atoms with Gasteiger partial charge in [0.2, 0.25) is 11.7 Å². The molecule has 2 aromatic carbocycles. The van der Waals surface area contributed by atoms with Gasteiger partial charge in [-0.25, -0.2) is 0 Å². The number of para-hydroxylation sites is 2. The SMILES string of the molecule is CC(C)c1cc(=O)[nH]c2cc(NC(=O)C3Oc4ccccc4OC3C)ccc12. The molecule has 0 aliphatic carbocycles. The van der Waals surface area contributed by atoms with Crippen LogP contribution in [-0.4, -0.2) is 23.1 Å². The molecule has 0 bridgehead atoms. The number of pyridine rings is 1. The summed E-state index contributed by atoms with van der Waals surface area (Å²) < 4.78 is 11.6. The fourth-order valence-corrected chi connectivity index (χ4v) is 3.46. The van der Waals surface area contributed by atoms with E-state index in [0.29, 0.717) is 22.7 Å². The standard InChI is InChI=1S/C22H22N2O4/c1-12(2)16-11-20(25)24-17-10-14(8-9-15(16)17)23-22(26)21-13(3)27-18-6-4-5-7-19(18)28-21/h4-13,21H,1-3H3,(H,23,26)(H,24,25). The van der Waals surface area contributed by atoms with Gasteiger partial charge in [0.1, 0.15) is 6.10 Å². The van der Waals surface area contributed by atoms with E-state index in [9.17, 15) is 9.59 Å². The minimum absolute atomic E-state index is 0.158. The highest BCUT2D eigenvalue weighted by Gasteiger charge is 2.34. The van der Waals surface area contributed by atoms with Gasteiger partial charge >= 0.3 is 0 Å². The molecule has 0 saturated carbocycles. The number of amides is 1. The number of H-pyrrole nitrogens is 1. The number of anilines is 1. The van der Waals surface area contributed by atoms with E-state index >= 15 is 0 Å². The molecule has 1 aliphatic heterocycles. The quantitative estimate of drug-likeness (QED) is 0.726. The summed E-state index contributed by atoms with van der Waals surface area (Å²) in [6, 6.07) is 14.4. The number of rotatable bonds is 3. The second-order valence-corrected chi connectivity index (χ2v) is 7.30. The number of nitrogens with one attached hydrogen (secondary N) is 2. The zero-order valence-electron chi connectivity index (χ0n) is 16.0. The Kier molecular flexibility index (Phi) is 4.55. The van der Waals surface area contributed by atoms with E-state index in [1.165, 1.54) is 0 Å². The number of aromatic amines is 1. The molecule has 1 aliphatic rings. The van der Waals surface area contributed by atoms with Crippen molar-refractivity contribution in [2.24, 2.45) is 0 Å². The number of carbonyl (C=O) groups excluding carboxylic acids is 1. The van der Waals surface area contributed by atoms with Crippen molar-refractivity contribution in [3.8, 4) is 11.5 Å². The minimum atomic E-state index is -0.772. The predicted octanol–water partition coefficient (Wildman–Crippen LogP) is 3.82. The van der Waals surface area contributed by atoms with E-state index in [4.69, 9.17) is 9.47 Å². The molecule has 144 valence electrons. The maximum atomic E-state index is 12.8. The van der Waals surface area contributed by atoms with Crippen LogP contribution in [0.1, 0.15) is 32.3 Å². The lowest BCUT2D eigenvalue weighted by Crippen LogP contribution is -2.46. The lowest BCUT2D eigenvalue weighted by Gasteiger charge is -2.31. The fraction of sp³-hybridized carbons (Fsp3) is 0.273. The van der Waals surface area contributed by atoms with Crippen LogP contribution in [0, 0.1) is 0 Å². The number of aromatic nitrogens is 1. The smallest absolute Gasteiger partial charge is 0.269 e. The molecule has 28 heavy (non-hydrogen) atoms. The van der Waals surface area contributed by atoms with E-state index in [1.54, 1.807) is 25.1 Å². The van der Waals surface area contributed by atoms with Gasteiger partial charge < -0.3 is 19.8 Å². The Bertz CT molecular complexity index is 1100. The van der Waals surface area contributed by atoms with Crippen molar-refractivity contribution < 1.29 is 14.3 Å². The largest absolute Gasteiger partial charge is 0.482 e. The Morgan fingerprint density at radius 1 is 1.07 bits per heavy atom. The van der Waals surface area contributed by atoms with Gasteiger partial charge in [-0.15, -0.1) is 0 Å². The summed E-state index contributed by atoms with van der Waals surface area (Å²) in [5, 5.41) is 3.83. The predicted molar refractivity (Wildman–Crippen MR) is 108 cm³/mol. The number of ether oxygens (including phenoxy) is 2. The minimum Gasteiger partial charge on any atom is -0.482 e. The van der Waals surface area contributed by atoms with E-state index in [1.807, 2.05) is 44.2 Å². The van der Waals surface area contributed by atoms with Crippen LogP contribution in [0.4, 0.5) is 5.69 Å². The Balaban J connectivity index is 1.60. The van der Waals surface area contributed by atoms with Crippen LogP contribution in [0.2, 0.25) is 0 Å². The van der Waals surface area contributed by atoms with Gasteiger partial charge in [0.05, 0.1) is 5.52 Å². The van der Waals surface area contributed by atoms with Gasteiger partial charge in [-0.05, 0) is 42.7 Å². The Hall–Kier alpha value is -3.28. The summed E-state index contributed by atoms with van der Waals surface area (Å²) in [6.07, 6.45) is -1.20. The van der Waals surface area contributed by atoms with Gasteiger partial charge in [0.25, 0.3) is 5.91 Å². The third-order valence-electron chi connectivity index (χ3n) is 4.87. The molecule has 2 atom stereocenters. The summed E-state index contributed by atoms with van der Waals surface area (Å²) in [4.78, 5) is 27.6. The molecule has 4 rings (SSSR count). The van der Waals surface area contributed by atoms with Crippen molar-refractivity contribution in [2.45, 2.75) is 38.9 Å². The first-order valence-corrected chi connectivity index (χ1v) is 9.32. The van der Waals surface area contributed by atoms with Crippen molar-refractivity contribution in [3.63, 3.8) is 0 Å².